The number of nitrogens with one attached hydrogen (secondary N) is 1. The Kier molecular flexibility index (Phi) is 8.67. The van der Waals surface area contributed by atoms with Crippen molar-refractivity contribution < 1.29 is 0 Å². The lowest BCUT2D eigenvalue weighted by atomic mass is 9.90. The molecule has 0 fully saturated rings. The van der Waals surface area contributed by atoms with Crippen LogP contribution in [0.2, 0.25) is 0 Å². The van der Waals surface area contributed by atoms with Crippen molar-refractivity contribution >= 4 is 0 Å². The quantitative estimate of drug-likeness (QED) is 0.631. The standard InChI is InChI=1S/C18H35N3/c1-6-10-11-16(8-3)14-17(19-12-7-2)18-13-15(5)20-21(18)9-4/h13,16-17,19H,6-12,14H2,1-5H3. The highest BCUT2D eigenvalue weighted by Crippen LogP contribution is 2.27. The SMILES string of the molecule is CCCCC(CC)CC(NCCC)c1cc(C)nn1CC. The highest BCUT2D eigenvalue weighted by Gasteiger charge is 2.20. The zero-order chi connectivity index (χ0) is 15.7. The van der Waals surface area contributed by atoms with Gasteiger partial charge in [-0.15, -0.1) is 0 Å². The first-order valence-corrected chi connectivity index (χ1v) is 8.93. The van der Waals surface area contributed by atoms with Crippen molar-refractivity contribution in [2.75, 3.05) is 6.54 Å². The molecule has 1 N–H and O–H groups in total. The zero-order valence-electron chi connectivity index (χ0n) is 14.8. The normalized spacial score (nSPS) is 14.3. The smallest absolute Gasteiger partial charge is 0.0597 e. The Balaban J connectivity index is 2.82. The molecule has 21 heavy (non-hydrogen) atoms. The summed E-state index contributed by atoms with van der Waals surface area (Å²) >= 11 is 0. The fourth-order valence-electron chi connectivity index (χ4n) is 3.04. The predicted molar refractivity (Wildman–Crippen MR) is 91.6 cm³/mol. The third kappa shape index (κ3) is 5.82. The molecule has 1 heterocycles. The summed E-state index contributed by atoms with van der Waals surface area (Å²) in [6.45, 7) is 13.2. The van der Waals surface area contributed by atoms with Gasteiger partial charge in [-0.1, -0.05) is 46.5 Å². The molecule has 0 aromatic carbocycles. The van der Waals surface area contributed by atoms with Crippen LogP contribution in [-0.2, 0) is 6.54 Å². The minimum absolute atomic E-state index is 0.452. The van der Waals surface area contributed by atoms with Gasteiger partial charge < -0.3 is 5.32 Å². The van der Waals surface area contributed by atoms with Gasteiger partial charge in [-0.3, -0.25) is 4.68 Å². The molecular weight excluding hydrogens is 258 g/mol. The van der Waals surface area contributed by atoms with Crippen molar-refractivity contribution in [2.24, 2.45) is 5.92 Å². The lowest BCUT2D eigenvalue weighted by Crippen LogP contribution is -2.27. The summed E-state index contributed by atoms with van der Waals surface area (Å²) in [6.07, 6.45) is 7.71. The molecule has 0 saturated heterocycles. The van der Waals surface area contributed by atoms with Crippen molar-refractivity contribution in [1.29, 1.82) is 0 Å². The van der Waals surface area contributed by atoms with Crippen LogP contribution in [0.15, 0.2) is 6.07 Å². The van der Waals surface area contributed by atoms with Crippen molar-refractivity contribution in [2.45, 2.75) is 85.7 Å². The van der Waals surface area contributed by atoms with Crippen LogP contribution in [0.3, 0.4) is 0 Å². The van der Waals surface area contributed by atoms with E-state index < -0.39 is 0 Å². The summed E-state index contributed by atoms with van der Waals surface area (Å²) < 4.78 is 2.18. The van der Waals surface area contributed by atoms with E-state index in [4.69, 9.17) is 0 Å². The van der Waals surface area contributed by atoms with Crippen molar-refractivity contribution in [3.05, 3.63) is 17.5 Å². The van der Waals surface area contributed by atoms with E-state index in [-0.39, 0.29) is 0 Å². The number of hydrogen-bond acceptors (Lipinski definition) is 2. The molecule has 0 bridgehead atoms. The lowest BCUT2D eigenvalue weighted by molar-refractivity contribution is 0.341. The monoisotopic (exact) mass is 293 g/mol. The van der Waals surface area contributed by atoms with Gasteiger partial charge in [-0.05, 0) is 45.2 Å². The molecule has 1 aromatic rings. The molecule has 0 aliphatic heterocycles. The van der Waals surface area contributed by atoms with Gasteiger partial charge >= 0.3 is 0 Å². The summed E-state index contributed by atoms with van der Waals surface area (Å²) in [5, 5.41) is 8.38. The van der Waals surface area contributed by atoms with Gasteiger partial charge in [0.1, 0.15) is 0 Å². The first-order chi connectivity index (χ1) is 10.2. The Bertz CT molecular complexity index is 384. The van der Waals surface area contributed by atoms with Crippen LogP contribution in [0.25, 0.3) is 0 Å². The zero-order valence-corrected chi connectivity index (χ0v) is 14.8. The van der Waals surface area contributed by atoms with E-state index in [1.165, 1.54) is 44.2 Å². The topological polar surface area (TPSA) is 29.9 Å². The second-order valence-electron chi connectivity index (χ2n) is 6.19. The van der Waals surface area contributed by atoms with Crippen LogP contribution in [-0.4, -0.2) is 16.3 Å². The summed E-state index contributed by atoms with van der Waals surface area (Å²) in [4.78, 5) is 0. The van der Waals surface area contributed by atoms with E-state index in [0.717, 1.165) is 24.7 Å². The highest BCUT2D eigenvalue weighted by atomic mass is 15.3. The predicted octanol–water partition coefficient (Wildman–Crippen LogP) is 4.86. The first-order valence-electron chi connectivity index (χ1n) is 8.93. The molecule has 1 aromatic heterocycles. The fourth-order valence-corrected chi connectivity index (χ4v) is 3.04. The van der Waals surface area contributed by atoms with Gasteiger partial charge in [-0.2, -0.15) is 5.10 Å². The second-order valence-corrected chi connectivity index (χ2v) is 6.19. The summed E-state index contributed by atoms with van der Waals surface area (Å²) in [5.41, 5.74) is 2.51. The third-order valence-electron chi connectivity index (χ3n) is 4.34. The number of aromatic nitrogens is 2. The minimum Gasteiger partial charge on any atom is -0.309 e. The number of unbranched alkanes of at least 4 members (excludes halogenated alkanes) is 1. The second kappa shape index (κ2) is 9.99. The molecule has 2 atom stereocenters. The van der Waals surface area contributed by atoms with Crippen molar-refractivity contribution in [3.8, 4) is 0 Å². The number of hydrogen-bond donors (Lipinski definition) is 1. The Hall–Kier alpha value is -0.830. The van der Waals surface area contributed by atoms with Crippen LogP contribution in [0.4, 0.5) is 0 Å². The van der Waals surface area contributed by atoms with E-state index in [1.807, 2.05) is 0 Å². The molecule has 122 valence electrons. The minimum atomic E-state index is 0.452. The summed E-state index contributed by atoms with van der Waals surface area (Å²) in [5.74, 6) is 0.819. The van der Waals surface area contributed by atoms with E-state index in [1.54, 1.807) is 0 Å². The van der Waals surface area contributed by atoms with E-state index in [0.29, 0.717) is 6.04 Å². The molecule has 0 saturated carbocycles. The van der Waals surface area contributed by atoms with Gasteiger partial charge in [0.25, 0.3) is 0 Å². The molecule has 1 rings (SSSR count). The molecule has 0 aliphatic rings. The number of nitrogens with zero attached hydrogens (tertiary/aromatic N) is 2. The van der Waals surface area contributed by atoms with Crippen LogP contribution in [0, 0.1) is 12.8 Å². The first kappa shape index (κ1) is 18.2. The van der Waals surface area contributed by atoms with Crippen LogP contribution < -0.4 is 5.32 Å². The molecule has 3 heteroatoms. The van der Waals surface area contributed by atoms with Crippen molar-refractivity contribution in [3.63, 3.8) is 0 Å². The molecule has 0 aliphatic carbocycles. The molecule has 3 nitrogen and oxygen atoms in total. The maximum Gasteiger partial charge on any atom is 0.0597 e. The largest absolute Gasteiger partial charge is 0.309 e. The van der Waals surface area contributed by atoms with E-state index in [9.17, 15) is 0 Å². The fraction of sp³-hybridized carbons (Fsp3) is 0.833. The third-order valence-corrected chi connectivity index (χ3v) is 4.34. The number of rotatable bonds is 11. The highest BCUT2D eigenvalue weighted by molar-refractivity contribution is 5.13. The van der Waals surface area contributed by atoms with Crippen LogP contribution in [0.5, 0.6) is 0 Å². The molecule has 2 unspecified atom stereocenters. The summed E-state index contributed by atoms with van der Waals surface area (Å²) in [7, 11) is 0. The lowest BCUT2D eigenvalue weighted by Gasteiger charge is -2.24. The number of aryl methyl sites for hydroxylation is 2. The van der Waals surface area contributed by atoms with Gasteiger partial charge in [0.15, 0.2) is 0 Å². The van der Waals surface area contributed by atoms with Gasteiger partial charge in [0.05, 0.1) is 11.4 Å². The molecule has 0 radical (unpaired) electrons. The molecular formula is C18H35N3. The van der Waals surface area contributed by atoms with Crippen molar-refractivity contribution in [1.82, 2.24) is 15.1 Å². The van der Waals surface area contributed by atoms with Gasteiger partial charge in [-0.25, -0.2) is 0 Å². The molecule has 0 spiro atoms. The Labute approximate surface area is 131 Å². The maximum atomic E-state index is 4.63. The van der Waals surface area contributed by atoms with Crippen LogP contribution in [0.1, 0.15) is 83.6 Å². The Morgan fingerprint density at radius 3 is 2.52 bits per heavy atom. The maximum absolute atomic E-state index is 4.63. The average molecular weight is 293 g/mol. The molecule has 0 amide bonds. The Morgan fingerprint density at radius 1 is 1.19 bits per heavy atom. The Morgan fingerprint density at radius 2 is 1.95 bits per heavy atom. The van der Waals surface area contributed by atoms with E-state index in [2.05, 4.69) is 55.8 Å². The van der Waals surface area contributed by atoms with E-state index >= 15 is 0 Å². The average Bonchev–Trinajstić information content (AvgIpc) is 2.87. The summed E-state index contributed by atoms with van der Waals surface area (Å²) in [6, 6.07) is 2.72. The van der Waals surface area contributed by atoms with Gasteiger partial charge in [0, 0.05) is 12.6 Å². The van der Waals surface area contributed by atoms with Crippen LogP contribution >= 0.6 is 0 Å². The van der Waals surface area contributed by atoms with Gasteiger partial charge in [0.2, 0.25) is 0 Å².